The van der Waals surface area contributed by atoms with Gasteiger partial charge in [-0.1, -0.05) is 38.5 Å². The van der Waals surface area contributed by atoms with E-state index in [1.807, 2.05) is 0 Å². The quantitative estimate of drug-likeness (QED) is 0.481. The van der Waals surface area contributed by atoms with E-state index in [0.29, 0.717) is 12.0 Å². The maximum atomic E-state index is 13.0. The van der Waals surface area contributed by atoms with Gasteiger partial charge in [-0.15, -0.1) is 0 Å². The van der Waals surface area contributed by atoms with Crippen molar-refractivity contribution in [2.24, 2.45) is 5.92 Å². The molecule has 1 unspecified atom stereocenters. The van der Waals surface area contributed by atoms with Gasteiger partial charge in [0, 0.05) is 12.1 Å². The lowest BCUT2D eigenvalue weighted by Gasteiger charge is -2.34. The maximum absolute atomic E-state index is 13.0. The summed E-state index contributed by atoms with van der Waals surface area (Å²) in [4.78, 5) is 13.0. The molecule has 138 valence electrons. The fourth-order valence-corrected chi connectivity index (χ4v) is 4.25. The Balaban J connectivity index is 1.72. The average molecular weight is 346 g/mol. The molecule has 1 atom stereocenters. The Morgan fingerprint density at radius 1 is 0.960 bits per heavy atom. The van der Waals surface area contributed by atoms with Crippen LogP contribution >= 0.6 is 0 Å². The number of carbonyl (C=O) groups excluding carboxylic acids is 1. The van der Waals surface area contributed by atoms with Crippen molar-refractivity contribution in [3.63, 3.8) is 0 Å². The Kier molecular flexibility index (Phi) is 6.19. The maximum Gasteiger partial charge on any atom is 0.241 e. The third-order valence-electron chi connectivity index (χ3n) is 5.66. The zero-order chi connectivity index (χ0) is 17.6. The van der Waals surface area contributed by atoms with E-state index >= 15 is 0 Å². The number of phenols is 2. The minimum Gasteiger partial charge on any atom is -0.508 e. The van der Waals surface area contributed by atoms with Gasteiger partial charge in [-0.3, -0.25) is 4.79 Å². The van der Waals surface area contributed by atoms with Crippen LogP contribution in [0.1, 0.15) is 64.2 Å². The largest absolute Gasteiger partial charge is 0.508 e. The molecule has 3 rings (SSSR count). The first-order valence-electron chi connectivity index (χ1n) is 9.72. The fraction of sp³-hybridized carbons (Fsp3) is 0.650. The summed E-state index contributed by atoms with van der Waals surface area (Å²) in [7, 11) is 0. The number of phenolic OH excluding ortho intramolecular Hbond substituents is 2. The molecule has 0 aliphatic heterocycles. The molecule has 2 fully saturated rings. The van der Waals surface area contributed by atoms with E-state index in [1.165, 1.54) is 56.7 Å². The van der Waals surface area contributed by atoms with Crippen molar-refractivity contribution in [1.29, 1.82) is 0 Å². The summed E-state index contributed by atoms with van der Waals surface area (Å²) in [6, 6.07) is 4.37. The summed E-state index contributed by atoms with van der Waals surface area (Å²) in [5, 5.41) is 26.0. The van der Waals surface area contributed by atoms with Gasteiger partial charge in [0.1, 0.15) is 11.5 Å². The van der Waals surface area contributed by atoms with Crippen molar-refractivity contribution < 1.29 is 15.0 Å². The molecule has 1 amide bonds. The monoisotopic (exact) mass is 346 g/mol. The Morgan fingerprint density at radius 2 is 1.60 bits per heavy atom. The van der Waals surface area contributed by atoms with Gasteiger partial charge in [-0.05, 0) is 43.7 Å². The van der Waals surface area contributed by atoms with Gasteiger partial charge in [0.25, 0.3) is 0 Å². The van der Waals surface area contributed by atoms with Crippen LogP contribution in [0.15, 0.2) is 18.2 Å². The molecule has 2 aliphatic carbocycles. The third kappa shape index (κ3) is 4.88. The van der Waals surface area contributed by atoms with Gasteiger partial charge in [-0.25, -0.2) is 0 Å². The van der Waals surface area contributed by atoms with Crippen molar-refractivity contribution in [2.45, 2.75) is 76.3 Å². The van der Waals surface area contributed by atoms with Crippen LogP contribution in [-0.2, 0) is 4.79 Å². The lowest BCUT2D eigenvalue weighted by atomic mass is 9.82. The molecule has 0 bridgehead atoms. The summed E-state index contributed by atoms with van der Waals surface area (Å²) >= 11 is 0. The Hall–Kier alpha value is -1.75. The summed E-state index contributed by atoms with van der Waals surface area (Å²) in [5.41, 5.74) is 0.274. The summed E-state index contributed by atoms with van der Waals surface area (Å²) in [5.74, 6) is 0.252. The highest BCUT2D eigenvalue weighted by atomic mass is 16.3. The first-order valence-corrected chi connectivity index (χ1v) is 9.72. The molecule has 0 heterocycles. The molecule has 5 nitrogen and oxygen atoms in total. The van der Waals surface area contributed by atoms with E-state index < -0.39 is 0 Å². The number of hydrogen-bond donors (Lipinski definition) is 4. The highest BCUT2D eigenvalue weighted by Crippen LogP contribution is 2.31. The second kappa shape index (κ2) is 8.56. The number of aromatic hydroxyl groups is 2. The van der Waals surface area contributed by atoms with Crippen molar-refractivity contribution in [1.82, 2.24) is 5.32 Å². The minimum absolute atomic E-state index is 0.0220. The van der Waals surface area contributed by atoms with E-state index in [9.17, 15) is 15.0 Å². The molecule has 1 aromatic carbocycles. The van der Waals surface area contributed by atoms with Crippen molar-refractivity contribution in [3.8, 4) is 11.5 Å². The van der Waals surface area contributed by atoms with Gasteiger partial charge >= 0.3 is 0 Å². The number of rotatable bonds is 5. The smallest absolute Gasteiger partial charge is 0.241 e. The van der Waals surface area contributed by atoms with Gasteiger partial charge < -0.3 is 20.8 Å². The number of anilines is 1. The van der Waals surface area contributed by atoms with Crippen LogP contribution in [-0.4, -0.2) is 28.2 Å². The number of hydrogen-bond acceptors (Lipinski definition) is 4. The van der Waals surface area contributed by atoms with Crippen LogP contribution < -0.4 is 10.6 Å². The first-order chi connectivity index (χ1) is 12.1. The van der Waals surface area contributed by atoms with E-state index in [0.717, 1.165) is 25.7 Å². The molecule has 0 saturated heterocycles. The number of benzene rings is 1. The number of carbonyl (C=O) groups is 1. The predicted molar refractivity (Wildman–Crippen MR) is 98.8 cm³/mol. The van der Waals surface area contributed by atoms with Crippen LogP contribution in [0.25, 0.3) is 0 Å². The van der Waals surface area contributed by atoms with Crippen molar-refractivity contribution in [3.05, 3.63) is 18.2 Å². The molecule has 1 aromatic rings. The standard InChI is InChI=1S/C20H30N2O3/c23-16-11-12-18(24)17(13-16)22-20(25)19(14-7-3-1-4-8-14)21-15-9-5-2-6-10-15/h11-15,19,21,23-24H,1-10H2,(H,22,25). The third-order valence-corrected chi connectivity index (χ3v) is 5.66. The van der Waals surface area contributed by atoms with Crippen LogP contribution in [0, 0.1) is 5.92 Å². The Morgan fingerprint density at radius 3 is 2.28 bits per heavy atom. The number of nitrogens with one attached hydrogen (secondary N) is 2. The van der Waals surface area contributed by atoms with Gasteiger partial charge in [-0.2, -0.15) is 0 Å². The predicted octanol–water partition coefficient (Wildman–Crippen LogP) is 3.91. The molecule has 2 aliphatic rings. The highest BCUT2D eigenvalue weighted by Gasteiger charge is 2.32. The molecule has 25 heavy (non-hydrogen) atoms. The van der Waals surface area contributed by atoms with Gasteiger partial charge in [0.05, 0.1) is 11.7 Å². The van der Waals surface area contributed by atoms with Gasteiger partial charge in [0.15, 0.2) is 0 Å². The lowest BCUT2D eigenvalue weighted by molar-refractivity contribution is -0.120. The second-order valence-electron chi connectivity index (χ2n) is 7.57. The molecule has 0 aromatic heterocycles. The molecular formula is C20H30N2O3. The summed E-state index contributed by atoms with van der Waals surface area (Å²) in [6.45, 7) is 0. The fourth-order valence-electron chi connectivity index (χ4n) is 4.25. The molecule has 2 saturated carbocycles. The Labute approximate surface area is 149 Å². The molecule has 5 heteroatoms. The zero-order valence-corrected chi connectivity index (χ0v) is 14.8. The SMILES string of the molecule is O=C(Nc1cc(O)ccc1O)C(NC1CCCCC1)C1CCCCC1. The van der Waals surface area contributed by atoms with E-state index in [2.05, 4.69) is 10.6 Å². The van der Waals surface area contributed by atoms with Gasteiger partial charge in [0.2, 0.25) is 5.91 Å². The lowest BCUT2D eigenvalue weighted by Crippen LogP contribution is -2.51. The normalized spacial score (nSPS) is 21.0. The first kappa shape index (κ1) is 18.1. The van der Waals surface area contributed by atoms with Crippen LogP contribution in [0.2, 0.25) is 0 Å². The molecular weight excluding hydrogens is 316 g/mol. The topological polar surface area (TPSA) is 81.6 Å². The van der Waals surface area contributed by atoms with Crippen LogP contribution in [0.5, 0.6) is 11.5 Å². The highest BCUT2D eigenvalue weighted by molar-refractivity contribution is 5.96. The zero-order valence-electron chi connectivity index (χ0n) is 14.8. The van der Waals surface area contributed by atoms with Crippen LogP contribution in [0.4, 0.5) is 5.69 Å². The van der Waals surface area contributed by atoms with Crippen LogP contribution in [0.3, 0.4) is 0 Å². The van der Waals surface area contributed by atoms with E-state index in [1.54, 1.807) is 0 Å². The second-order valence-corrected chi connectivity index (χ2v) is 7.57. The molecule has 0 radical (unpaired) electrons. The number of amides is 1. The minimum atomic E-state index is -0.231. The van der Waals surface area contributed by atoms with E-state index in [4.69, 9.17) is 0 Å². The molecule has 0 spiro atoms. The van der Waals surface area contributed by atoms with Crippen molar-refractivity contribution in [2.75, 3.05) is 5.32 Å². The van der Waals surface area contributed by atoms with Crippen molar-refractivity contribution >= 4 is 11.6 Å². The summed E-state index contributed by atoms with van der Waals surface area (Å²) < 4.78 is 0. The summed E-state index contributed by atoms with van der Waals surface area (Å²) in [6.07, 6.45) is 11.8. The molecule has 4 N–H and O–H groups in total. The van der Waals surface area contributed by atoms with E-state index in [-0.39, 0.29) is 29.1 Å². The Bertz CT molecular complexity index is 578. The average Bonchev–Trinajstić information content (AvgIpc) is 2.64.